The van der Waals surface area contributed by atoms with Gasteiger partial charge in [0, 0.05) is 0 Å². The van der Waals surface area contributed by atoms with Crippen molar-refractivity contribution in [1.29, 1.82) is 0 Å². The van der Waals surface area contributed by atoms with Gasteiger partial charge in [-0.25, -0.2) is 4.21 Å². The maximum atomic E-state index is 9.34. The summed E-state index contributed by atoms with van der Waals surface area (Å²) in [7, 11) is -12.2. The molecule has 0 rings (SSSR count). The van der Waals surface area contributed by atoms with Crippen molar-refractivity contribution in [3.63, 3.8) is 0 Å². The average molecular weight is 304 g/mol. The average Bonchev–Trinajstić information content (AvgIpc) is 1.55. The van der Waals surface area contributed by atoms with Crippen LogP contribution in [-0.2, 0) is 39.5 Å². The minimum atomic E-state index is -4.71. The molecule has 1 unspecified atom stereocenters. The van der Waals surface area contributed by atoms with Gasteiger partial charge in [0.05, 0.1) is 0 Å². The molecule has 0 saturated carbocycles. The smallest absolute Gasteiger partial charge is 0.780 e. The standard InChI is InChI=1S/2Na.H2O5S2.H2O3S2/c;;1-6(2)7(3,4)5;1-5(2,3)4/h;;(H,1,2)(H,3,4,5);(H2,1,2,3,4)/q2*+1;;/p-2. The molecule has 0 radical (unpaired) electrons. The second-order valence-corrected chi connectivity index (χ2v) is 6.50. The summed E-state index contributed by atoms with van der Waals surface area (Å²) in [6.45, 7) is 0. The van der Waals surface area contributed by atoms with Crippen LogP contribution in [0, 0.1) is 0 Å². The molecule has 0 saturated heterocycles. The molecule has 1 atom stereocenters. The van der Waals surface area contributed by atoms with Crippen molar-refractivity contribution in [3.8, 4) is 0 Å². The van der Waals surface area contributed by atoms with E-state index in [0.29, 0.717) is 0 Å². The van der Waals surface area contributed by atoms with Gasteiger partial charge in [-0.15, -0.1) is 9.05 Å². The molecule has 76 valence electrons. The van der Waals surface area contributed by atoms with Crippen LogP contribution >= 0.6 is 0 Å². The van der Waals surface area contributed by atoms with Gasteiger partial charge in [0.2, 0.25) is 0 Å². The Morgan fingerprint density at radius 1 is 1.14 bits per heavy atom. The molecule has 0 aromatic carbocycles. The summed E-state index contributed by atoms with van der Waals surface area (Å²) in [5.41, 5.74) is 0. The zero-order valence-corrected chi connectivity index (χ0v) is 14.2. The molecule has 0 amide bonds. The molecule has 0 aliphatic rings. The van der Waals surface area contributed by atoms with E-state index in [9.17, 15) is 12.6 Å². The first-order valence-corrected chi connectivity index (χ1v) is 7.10. The van der Waals surface area contributed by atoms with Gasteiger partial charge in [0.15, 0.2) is 0 Å². The third kappa shape index (κ3) is 36.7. The van der Waals surface area contributed by atoms with Crippen molar-refractivity contribution in [2.45, 2.75) is 0 Å². The summed E-state index contributed by atoms with van der Waals surface area (Å²) in [5, 5.41) is 0. The van der Waals surface area contributed by atoms with Crippen molar-refractivity contribution in [2.75, 3.05) is 0 Å². The molecule has 8 nitrogen and oxygen atoms in total. The molecule has 0 fully saturated rings. The van der Waals surface area contributed by atoms with E-state index in [2.05, 4.69) is 11.2 Å². The van der Waals surface area contributed by atoms with Crippen LogP contribution in [0.3, 0.4) is 0 Å². The van der Waals surface area contributed by atoms with Crippen LogP contribution in [0.2, 0.25) is 0 Å². The second kappa shape index (κ2) is 10.5. The van der Waals surface area contributed by atoms with Gasteiger partial charge in [-0.2, -0.15) is 8.42 Å². The minimum absolute atomic E-state index is 0. The second-order valence-electron chi connectivity index (χ2n) is 1.05. The predicted molar refractivity (Wildman–Crippen MR) is 39.4 cm³/mol. The van der Waals surface area contributed by atoms with Crippen LogP contribution in [0.15, 0.2) is 0 Å². The third-order valence-electron chi connectivity index (χ3n) is 0.180. The zero-order valence-electron chi connectivity index (χ0n) is 6.98. The first-order chi connectivity index (χ1) is 4.94. The molecule has 0 heterocycles. The van der Waals surface area contributed by atoms with Crippen molar-refractivity contribution >= 4 is 39.5 Å². The molecule has 0 aromatic rings. The van der Waals surface area contributed by atoms with E-state index < -0.39 is 28.3 Å². The summed E-state index contributed by atoms with van der Waals surface area (Å²) in [5.74, 6) is 0. The molecular formula is H2Na2O8S4. The van der Waals surface area contributed by atoms with Gasteiger partial charge in [-0.3, -0.25) is 13.3 Å². The Bertz CT molecular complexity index is 328. The van der Waals surface area contributed by atoms with E-state index in [1.165, 1.54) is 0 Å². The van der Waals surface area contributed by atoms with Crippen molar-refractivity contribution < 1.29 is 94.2 Å². The SMILES string of the molecule is O=S(O)S(=O)(=O)O.O=S([O-])([O-])=S.[Na+].[Na+]. The molecular weight excluding hydrogens is 302 g/mol. The van der Waals surface area contributed by atoms with Crippen LogP contribution in [-0.4, -0.2) is 35.0 Å². The Labute approximate surface area is 132 Å². The molecule has 0 aliphatic carbocycles. The maximum Gasteiger partial charge on any atom is 1.00 e. The van der Waals surface area contributed by atoms with Crippen molar-refractivity contribution in [2.24, 2.45) is 0 Å². The van der Waals surface area contributed by atoms with Crippen LogP contribution in [0.1, 0.15) is 0 Å². The third-order valence-corrected chi connectivity index (χ3v) is 1.62. The molecule has 14 heavy (non-hydrogen) atoms. The Kier molecular flexibility index (Phi) is 18.9. The van der Waals surface area contributed by atoms with Gasteiger partial charge in [-0.05, 0) is 11.2 Å². The molecule has 2 N–H and O–H groups in total. The van der Waals surface area contributed by atoms with E-state index >= 15 is 0 Å². The van der Waals surface area contributed by atoms with Gasteiger partial charge in [-0.1, -0.05) is 0 Å². The fraction of sp³-hybridized carbons (Fsp3) is 0. The summed E-state index contributed by atoms with van der Waals surface area (Å²) in [6, 6.07) is 0. The Morgan fingerprint density at radius 3 is 1.21 bits per heavy atom. The summed E-state index contributed by atoms with van der Waals surface area (Å²) in [4.78, 5) is 0. The fourth-order valence-electron chi connectivity index (χ4n) is 0. The van der Waals surface area contributed by atoms with E-state index in [-0.39, 0.29) is 59.1 Å². The topological polar surface area (TPSA) is 155 Å². The maximum absolute atomic E-state index is 9.34. The largest absolute Gasteiger partial charge is 1.00 e. The number of hydrogen-bond donors (Lipinski definition) is 2. The van der Waals surface area contributed by atoms with Crippen LogP contribution < -0.4 is 59.1 Å². The number of hydrogen-bond acceptors (Lipinski definition) is 7. The monoisotopic (exact) mass is 304 g/mol. The van der Waals surface area contributed by atoms with E-state index in [0.717, 1.165) is 0 Å². The van der Waals surface area contributed by atoms with Crippen molar-refractivity contribution in [1.82, 2.24) is 0 Å². The normalized spacial score (nSPS) is 12.3. The molecule has 0 bridgehead atoms. The summed E-state index contributed by atoms with van der Waals surface area (Å²) < 4.78 is 69.7. The summed E-state index contributed by atoms with van der Waals surface area (Å²) >= 11 is 3.24. The first kappa shape index (κ1) is 25.2. The molecule has 0 spiro atoms. The van der Waals surface area contributed by atoms with Gasteiger partial charge in [0.25, 0.3) is 0 Å². The fourth-order valence-corrected chi connectivity index (χ4v) is 0. The molecule has 14 heteroatoms. The minimum Gasteiger partial charge on any atom is -0.780 e. The number of rotatable bonds is 1. The molecule has 0 aliphatic heterocycles. The van der Waals surface area contributed by atoms with Gasteiger partial charge >= 0.3 is 78.4 Å². The van der Waals surface area contributed by atoms with E-state index in [1.807, 2.05) is 0 Å². The van der Waals surface area contributed by atoms with E-state index in [4.69, 9.17) is 22.4 Å². The van der Waals surface area contributed by atoms with Crippen LogP contribution in [0.5, 0.6) is 0 Å². The first-order valence-electron chi connectivity index (χ1n) is 1.70. The van der Waals surface area contributed by atoms with Crippen LogP contribution in [0.25, 0.3) is 0 Å². The van der Waals surface area contributed by atoms with Crippen LogP contribution in [0.4, 0.5) is 0 Å². The van der Waals surface area contributed by atoms with Crippen molar-refractivity contribution in [3.05, 3.63) is 0 Å². The summed E-state index contributed by atoms with van der Waals surface area (Å²) in [6.07, 6.45) is 0. The van der Waals surface area contributed by atoms with Gasteiger partial charge < -0.3 is 9.11 Å². The quantitative estimate of drug-likeness (QED) is 0.208. The predicted octanol–water partition coefficient (Wildman–Crippen LogP) is -7.99. The zero-order chi connectivity index (χ0) is 10.6. The Morgan fingerprint density at radius 2 is 1.21 bits per heavy atom. The van der Waals surface area contributed by atoms with E-state index in [1.54, 1.807) is 0 Å². The van der Waals surface area contributed by atoms with Gasteiger partial charge in [0.1, 0.15) is 0 Å². The molecule has 0 aromatic heterocycles. The Hall–Kier alpha value is 2.31. The Balaban J connectivity index is -0.0000000651.